The Labute approximate surface area is 191 Å². The van der Waals surface area contributed by atoms with Crippen molar-refractivity contribution in [2.24, 2.45) is 0 Å². The molecule has 0 saturated heterocycles. The van der Waals surface area contributed by atoms with Crippen LogP contribution in [0.1, 0.15) is 44.9 Å². The van der Waals surface area contributed by atoms with Gasteiger partial charge >= 0.3 is 6.09 Å². The molecule has 0 radical (unpaired) electrons. The molecule has 0 saturated carbocycles. The highest BCUT2D eigenvalue weighted by atomic mass is 19.2. The number of nitrogens with one attached hydrogen (secondary N) is 1. The van der Waals surface area contributed by atoms with Crippen LogP contribution in [-0.4, -0.2) is 11.7 Å². The highest BCUT2D eigenvalue weighted by Gasteiger charge is 2.20. The Morgan fingerprint density at radius 3 is 2.42 bits per heavy atom. The van der Waals surface area contributed by atoms with Crippen molar-refractivity contribution in [3.63, 3.8) is 0 Å². The molecule has 3 aromatic carbocycles. The molecular weight excluding hydrogens is 431 g/mol. The molecule has 0 aromatic heterocycles. The van der Waals surface area contributed by atoms with Crippen LogP contribution >= 0.6 is 0 Å². The lowest BCUT2D eigenvalue weighted by Gasteiger charge is -2.23. The van der Waals surface area contributed by atoms with Crippen molar-refractivity contribution < 1.29 is 27.4 Å². The predicted octanol–water partition coefficient (Wildman–Crippen LogP) is 6.94. The molecule has 0 aliphatic carbocycles. The summed E-state index contributed by atoms with van der Waals surface area (Å²) in [7, 11) is 0. The Balaban J connectivity index is 1.78. The quantitative estimate of drug-likeness (QED) is 0.436. The Hall–Kier alpha value is -3.48. The minimum atomic E-state index is -0.997. The van der Waals surface area contributed by atoms with Crippen molar-refractivity contribution in [1.29, 1.82) is 0 Å². The molecule has 1 N–H and O–H groups in total. The van der Waals surface area contributed by atoms with E-state index in [2.05, 4.69) is 5.32 Å². The topological polar surface area (TPSA) is 47.6 Å². The van der Waals surface area contributed by atoms with E-state index in [-0.39, 0.29) is 17.7 Å². The third-order valence-corrected chi connectivity index (χ3v) is 4.81. The number of carbonyl (C=O) groups is 1. The van der Waals surface area contributed by atoms with Gasteiger partial charge in [-0.3, -0.25) is 0 Å². The zero-order chi connectivity index (χ0) is 24.2. The second kappa shape index (κ2) is 9.98. The molecule has 0 unspecified atom stereocenters. The first kappa shape index (κ1) is 24.2. The molecular formula is C26H26F3NO3. The molecule has 0 aliphatic heterocycles. The summed E-state index contributed by atoms with van der Waals surface area (Å²) < 4.78 is 53.4. The first-order chi connectivity index (χ1) is 15.5. The summed E-state index contributed by atoms with van der Waals surface area (Å²) in [5, 5.41) is 2.75. The fourth-order valence-electron chi connectivity index (χ4n) is 3.27. The number of carbonyl (C=O) groups excluding carboxylic acids is 1. The van der Waals surface area contributed by atoms with Crippen LogP contribution in [0.4, 0.5) is 18.0 Å². The average molecular weight is 457 g/mol. The van der Waals surface area contributed by atoms with Gasteiger partial charge in [0, 0.05) is 16.7 Å². The van der Waals surface area contributed by atoms with Crippen LogP contribution < -0.4 is 10.1 Å². The predicted molar refractivity (Wildman–Crippen MR) is 120 cm³/mol. The zero-order valence-corrected chi connectivity index (χ0v) is 18.9. The number of halogens is 3. The summed E-state index contributed by atoms with van der Waals surface area (Å²) in [5.74, 6) is -2.06. The summed E-state index contributed by atoms with van der Waals surface area (Å²) in [6.07, 6.45) is -0.569. The summed E-state index contributed by atoms with van der Waals surface area (Å²) in [5.41, 5.74) is 0.589. The van der Waals surface area contributed by atoms with Gasteiger partial charge in [0.1, 0.15) is 23.8 Å². The van der Waals surface area contributed by atoms with Gasteiger partial charge in [-0.05, 0) is 57.5 Å². The minimum absolute atomic E-state index is 0.0341. The van der Waals surface area contributed by atoms with E-state index in [1.54, 1.807) is 52.0 Å². The second-order valence-electron chi connectivity index (χ2n) is 8.60. The lowest BCUT2D eigenvalue weighted by Crippen LogP contribution is -2.34. The van der Waals surface area contributed by atoms with Crippen LogP contribution in [0.3, 0.4) is 0 Å². The second-order valence-corrected chi connectivity index (χ2v) is 8.60. The number of amides is 1. The molecule has 0 aliphatic rings. The number of hydrogen-bond donors (Lipinski definition) is 1. The normalized spacial score (nSPS) is 12.2. The van der Waals surface area contributed by atoms with Gasteiger partial charge in [-0.15, -0.1) is 0 Å². The number of ether oxygens (including phenoxy) is 2. The number of rotatable bonds is 6. The number of para-hydroxylation sites is 1. The molecule has 33 heavy (non-hydrogen) atoms. The van der Waals surface area contributed by atoms with E-state index >= 15 is 0 Å². The highest BCUT2D eigenvalue weighted by molar-refractivity contribution is 5.68. The highest BCUT2D eigenvalue weighted by Crippen LogP contribution is 2.29. The van der Waals surface area contributed by atoms with Crippen molar-refractivity contribution in [2.75, 3.05) is 0 Å². The van der Waals surface area contributed by atoms with E-state index in [0.29, 0.717) is 16.9 Å². The van der Waals surface area contributed by atoms with Crippen LogP contribution in [0, 0.1) is 17.5 Å². The molecule has 4 nitrogen and oxygen atoms in total. The first-order valence-corrected chi connectivity index (χ1v) is 10.5. The number of benzene rings is 3. The average Bonchev–Trinajstić information content (AvgIpc) is 2.74. The maximum atomic E-state index is 14.4. The van der Waals surface area contributed by atoms with E-state index in [1.165, 1.54) is 30.3 Å². The van der Waals surface area contributed by atoms with Crippen LogP contribution in [-0.2, 0) is 11.3 Å². The fraction of sp³-hybridized carbons (Fsp3) is 0.269. The van der Waals surface area contributed by atoms with E-state index in [9.17, 15) is 18.0 Å². The van der Waals surface area contributed by atoms with Gasteiger partial charge in [0.2, 0.25) is 0 Å². The molecule has 0 spiro atoms. The molecule has 0 bridgehead atoms. The van der Waals surface area contributed by atoms with Gasteiger partial charge in [-0.25, -0.2) is 18.0 Å². The van der Waals surface area contributed by atoms with Crippen molar-refractivity contribution in [1.82, 2.24) is 5.32 Å². The van der Waals surface area contributed by atoms with Crippen molar-refractivity contribution in [2.45, 2.75) is 45.9 Å². The van der Waals surface area contributed by atoms with Crippen molar-refractivity contribution in [3.8, 4) is 16.9 Å². The molecule has 0 heterocycles. The lowest BCUT2D eigenvalue weighted by atomic mass is 10.0. The maximum Gasteiger partial charge on any atom is 0.408 e. The van der Waals surface area contributed by atoms with Gasteiger partial charge in [0.05, 0.1) is 6.04 Å². The van der Waals surface area contributed by atoms with Crippen molar-refractivity contribution >= 4 is 6.09 Å². The SMILES string of the molecule is C[C@H](NC(=O)OC(C)(C)C)c1ccccc1OCc1cc(-c2cccc(F)c2F)ccc1F. The van der Waals surface area contributed by atoms with Crippen LogP contribution in [0.25, 0.3) is 11.1 Å². The van der Waals surface area contributed by atoms with Gasteiger partial charge in [-0.2, -0.15) is 0 Å². The summed E-state index contributed by atoms with van der Waals surface area (Å²) in [6, 6.07) is 14.5. The van der Waals surface area contributed by atoms with E-state index in [4.69, 9.17) is 9.47 Å². The Morgan fingerprint density at radius 1 is 0.970 bits per heavy atom. The molecule has 1 amide bonds. The Kier molecular flexibility index (Phi) is 7.31. The summed E-state index contributed by atoms with van der Waals surface area (Å²) in [4.78, 5) is 12.1. The Bertz CT molecular complexity index is 1140. The fourth-order valence-corrected chi connectivity index (χ4v) is 3.27. The third-order valence-electron chi connectivity index (χ3n) is 4.81. The van der Waals surface area contributed by atoms with Crippen LogP contribution in [0.15, 0.2) is 60.7 Å². The van der Waals surface area contributed by atoms with E-state index < -0.39 is 35.2 Å². The largest absolute Gasteiger partial charge is 0.488 e. The molecule has 0 fully saturated rings. The standard InChI is InChI=1S/C26H26F3NO3/c1-16(30-25(31)33-26(2,3)4)19-8-5-6-11-23(19)32-15-18-14-17(12-13-21(18)27)20-9-7-10-22(28)24(20)29/h5-14,16H,15H2,1-4H3,(H,30,31)/t16-/m0/s1. The van der Waals surface area contributed by atoms with Gasteiger partial charge in [-0.1, -0.05) is 36.4 Å². The zero-order valence-electron chi connectivity index (χ0n) is 18.9. The smallest absolute Gasteiger partial charge is 0.408 e. The molecule has 3 aromatic rings. The van der Waals surface area contributed by atoms with E-state index in [0.717, 1.165) is 6.07 Å². The van der Waals surface area contributed by atoms with Gasteiger partial charge < -0.3 is 14.8 Å². The number of hydrogen-bond acceptors (Lipinski definition) is 3. The minimum Gasteiger partial charge on any atom is -0.488 e. The molecule has 174 valence electrons. The number of alkyl carbamates (subject to hydrolysis) is 1. The monoisotopic (exact) mass is 457 g/mol. The summed E-state index contributed by atoms with van der Waals surface area (Å²) in [6.45, 7) is 6.94. The third kappa shape index (κ3) is 6.28. The maximum absolute atomic E-state index is 14.4. The van der Waals surface area contributed by atoms with Gasteiger partial charge in [0.15, 0.2) is 11.6 Å². The van der Waals surface area contributed by atoms with Crippen molar-refractivity contribution in [3.05, 3.63) is 89.2 Å². The first-order valence-electron chi connectivity index (χ1n) is 10.5. The van der Waals surface area contributed by atoms with Crippen LogP contribution in [0.2, 0.25) is 0 Å². The van der Waals surface area contributed by atoms with Gasteiger partial charge in [0.25, 0.3) is 0 Å². The van der Waals surface area contributed by atoms with Crippen LogP contribution in [0.5, 0.6) is 5.75 Å². The Morgan fingerprint density at radius 2 is 1.70 bits per heavy atom. The lowest BCUT2D eigenvalue weighted by molar-refractivity contribution is 0.0507. The summed E-state index contributed by atoms with van der Waals surface area (Å²) >= 11 is 0. The molecule has 3 rings (SSSR count). The molecule has 1 atom stereocenters. The van der Waals surface area contributed by atoms with E-state index in [1.807, 2.05) is 0 Å². The molecule has 7 heteroatoms.